The minimum Gasteiger partial charge on any atom is -0.481 e. The van der Waals surface area contributed by atoms with E-state index in [-0.39, 0.29) is 24.6 Å². The van der Waals surface area contributed by atoms with E-state index in [4.69, 9.17) is 5.11 Å². The minimum absolute atomic E-state index is 0.0440. The molecule has 0 aliphatic carbocycles. The maximum atomic E-state index is 12.6. The first-order valence-electron chi connectivity index (χ1n) is 8.08. The molecule has 8 heteroatoms. The van der Waals surface area contributed by atoms with E-state index in [0.29, 0.717) is 13.0 Å². The van der Waals surface area contributed by atoms with Gasteiger partial charge in [-0.05, 0) is 30.5 Å². The number of hydrogen-bond acceptors (Lipinski definition) is 2. The number of hydrogen-bond donors (Lipinski definition) is 2. The fourth-order valence-electron chi connectivity index (χ4n) is 2.85. The Balaban J connectivity index is 1.91. The van der Waals surface area contributed by atoms with Crippen LogP contribution in [0.5, 0.6) is 0 Å². The van der Waals surface area contributed by atoms with Crippen LogP contribution in [0, 0.1) is 23.7 Å². The molecule has 2 N–H and O–H groups in total. The van der Waals surface area contributed by atoms with E-state index >= 15 is 0 Å². The van der Waals surface area contributed by atoms with Gasteiger partial charge in [-0.3, -0.25) is 4.79 Å². The van der Waals surface area contributed by atoms with Crippen molar-refractivity contribution in [3.63, 3.8) is 0 Å². The highest BCUT2D eigenvalue weighted by Crippen LogP contribution is 2.29. The van der Waals surface area contributed by atoms with Crippen molar-refractivity contribution < 1.29 is 27.9 Å². The predicted molar refractivity (Wildman–Crippen MR) is 88.2 cm³/mol. The minimum atomic E-state index is -4.43. The van der Waals surface area contributed by atoms with Crippen molar-refractivity contribution in [3.05, 3.63) is 35.4 Å². The number of alkyl halides is 3. The number of amides is 2. The lowest BCUT2D eigenvalue weighted by atomic mass is 9.91. The molecule has 1 heterocycles. The van der Waals surface area contributed by atoms with Gasteiger partial charge in [0.25, 0.3) is 0 Å². The van der Waals surface area contributed by atoms with Gasteiger partial charge in [0, 0.05) is 18.7 Å². The molecule has 0 radical (unpaired) electrons. The number of nitrogens with zero attached hydrogens (tertiary/aromatic N) is 1. The summed E-state index contributed by atoms with van der Waals surface area (Å²) in [5.74, 6) is 3.72. The van der Waals surface area contributed by atoms with Crippen molar-refractivity contribution in [2.24, 2.45) is 11.8 Å². The molecular weight excluding hydrogens is 349 g/mol. The topological polar surface area (TPSA) is 69.6 Å². The number of halogens is 3. The molecular formula is C18H19F3N2O3. The summed E-state index contributed by atoms with van der Waals surface area (Å²) in [5, 5.41) is 11.7. The summed E-state index contributed by atoms with van der Waals surface area (Å²) in [6, 6.07) is 4.20. The first-order valence-corrected chi connectivity index (χ1v) is 8.08. The molecule has 1 aliphatic rings. The van der Waals surface area contributed by atoms with Crippen molar-refractivity contribution >= 4 is 12.0 Å². The summed E-state index contributed by atoms with van der Waals surface area (Å²) in [4.78, 5) is 24.7. The van der Waals surface area contributed by atoms with Crippen LogP contribution in [0.1, 0.15) is 24.5 Å². The predicted octanol–water partition coefficient (Wildman–Crippen LogP) is 2.81. The third kappa shape index (κ3) is 5.41. The lowest BCUT2D eigenvalue weighted by molar-refractivity contribution is -0.143. The molecule has 0 spiro atoms. The van der Waals surface area contributed by atoms with Crippen molar-refractivity contribution in [2.45, 2.75) is 19.5 Å². The summed E-state index contributed by atoms with van der Waals surface area (Å²) in [7, 11) is 0. The fourth-order valence-corrected chi connectivity index (χ4v) is 2.85. The first kappa shape index (κ1) is 19.6. The van der Waals surface area contributed by atoms with E-state index in [9.17, 15) is 22.8 Å². The molecule has 2 unspecified atom stereocenters. The first-order chi connectivity index (χ1) is 12.2. The van der Waals surface area contributed by atoms with Crippen LogP contribution in [0.15, 0.2) is 24.3 Å². The van der Waals surface area contributed by atoms with Crippen molar-refractivity contribution in [2.75, 3.05) is 19.6 Å². The molecule has 1 fully saturated rings. The third-order valence-electron chi connectivity index (χ3n) is 4.05. The Morgan fingerprint density at radius 1 is 1.35 bits per heavy atom. The zero-order valence-electron chi connectivity index (χ0n) is 14.1. The number of piperidine rings is 1. The van der Waals surface area contributed by atoms with Crippen LogP contribution in [0.25, 0.3) is 0 Å². The third-order valence-corrected chi connectivity index (χ3v) is 4.05. The van der Waals surface area contributed by atoms with Gasteiger partial charge >= 0.3 is 18.2 Å². The lowest BCUT2D eigenvalue weighted by Gasteiger charge is -2.34. The van der Waals surface area contributed by atoms with E-state index in [2.05, 4.69) is 17.2 Å². The molecule has 0 saturated carbocycles. The van der Waals surface area contributed by atoms with Gasteiger partial charge in [0.15, 0.2) is 0 Å². The number of carbonyl (C=O) groups excluding carboxylic acids is 1. The Bertz CT molecular complexity index is 737. The average Bonchev–Trinajstić information content (AvgIpc) is 2.57. The van der Waals surface area contributed by atoms with E-state index in [1.54, 1.807) is 0 Å². The molecule has 1 aromatic rings. The van der Waals surface area contributed by atoms with E-state index in [0.717, 1.165) is 12.1 Å². The van der Waals surface area contributed by atoms with Crippen LogP contribution in [0.3, 0.4) is 0 Å². The van der Waals surface area contributed by atoms with Crippen molar-refractivity contribution in [1.82, 2.24) is 10.2 Å². The number of likely N-dealkylation sites (tertiary alicyclic amines) is 1. The monoisotopic (exact) mass is 368 g/mol. The fraction of sp³-hybridized carbons (Fsp3) is 0.444. The molecule has 1 aliphatic heterocycles. The SMILES string of the molecule is CC1CC(C(=O)O)CN(C(=O)NCC#Cc2cccc(C(F)(F)F)c2)C1. The number of urea groups is 1. The normalized spacial score (nSPS) is 20.1. The Hall–Kier alpha value is -2.69. The van der Waals surface area contributed by atoms with Gasteiger partial charge in [-0.1, -0.05) is 24.8 Å². The number of aliphatic carboxylic acids is 1. The number of rotatable bonds is 2. The Morgan fingerprint density at radius 3 is 2.73 bits per heavy atom. The van der Waals surface area contributed by atoms with Gasteiger partial charge in [-0.2, -0.15) is 13.2 Å². The highest BCUT2D eigenvalue weighted by Gasteiger charge is 2.32. The van der Waals surface area contributed by atoms with Crippen molar-refractivity contribution in [3.8, 4) is 11.8 Å². The second kappa shape index (κ2) is 8.13. The maximum absolute atomic E-state index is 12.6. The molecule has 2 amide bonds. The lowest BCUT2D eigenvalue weighted by Crippen LogP contribution is -2.49. The quantitative estimate of drug-likeness (QED) is 0.789. The summed E-state index contributed by atoms with van der Waals surface area (Å²) < 4.78 is 37.9. The molecule has 140 valence electrons. The van der Waals surface area contributed by atoms with Crippen molar-refractivity contribution in [1.29, 1.82) is 0 Å². The number of nitrogens with one attached hydrogen (secondary N) is 1. The van der Waals surface area contributed by atoms with Crippen LogP contribution < -0.4 is 5.32 Å². The molecule has 5 nitrogen and oxygen atoms in total. The molecule has 2 rings (SSSR count). The smallest absolute Gasteiger partial charge is 0.416 e. The summed E-state index contributed by atoms with van der Waals surface area (Å²) in [6.45, 7) is 2.42. The van der Waals surface area contributed by atoms with Crippen LogP contribution >= 0.6 is 0 Å². The Labute approximate surface area is 149 Å². The standard InChI is InChI=1S/C18H19F3N2O3/c1-12-8-14(16(24)25)11-23(10-12)17(26)22-7-3-5-13-4-2-6-15(9-13)18(19,20)21/h2,4,6,9,12,14H,7-8,10-11H2,1H3,(H,22,26)(H,24,25). The Morgan fingerprint density at radius 2 is 2.08 bits per heavy atom. The van der Waals surface area contributed by atoms with Gasteiger partial charge < -0.3 is 15.3 Å². The largest absolute Gasteiger partial charge is 0.481 e. The maximum Gasteiger partial charge on any atom is 0.416 e. The average molecular weight is 368 g/mol. The molecule has 2 atom stereocenters. The second-order valence-corrected chi connectivity index (χ2v) is 6.32. The highest BCUT2D eigenvalue weighted by molar-refractivity contribution is 5.76. The number of benzene rings is 1. The van der Waals surface area contributed by atoms with Gasteiger partial charge in [-0.25, -0.2) is 4.79 Å². The summed E-state index contributed by atoms with van der Waals surface area (Å²) >= 11 is 0. The zero-order valence-corrected chi connectivity index (χ0v) is 14.1. The van der Waals surface area contributed by atoms with Crippen LogP contribution in [-0.2, 0) is 11.0 Å². The molecule has 0 bridgehead atoms. The highest BCUT2D eigenvalue weighted by atomic mass is 19.4. The zero-order chi connectivity index (χ0) is 19.3. The number of carbonyl (C=O) groups is 2. The van der Waals surface area contributed by atoms with Gasteiger partial charge in [-0.15, -0.1) is 0 Å². The van der Waals surface area contributed by atoms with Gasteiger partial charge in [0.1, 0.15) is 0 Å². The van der Waals surface area contributed by atoms with E-state index in [1.807, 2.05) is 6.92 Å². The molecule has 1 aromatic carbocycles. The van der Waals surface area contributed by atoms with E-state index in [1.165, 1.54) is 17.0 Å². The summed E-state index contributed by atoms with van der Waals surface area (Å²) in [5.41, 5.74) is -0.582. The molecule has 1 saturated heterocycles. The molecule has 26 heavy (non-hydrogen) atoms. The van der Waals surface area contributed by atoms with Gasteiger partial charge in [0.05, 0.1) is 18.0 Å². The van der Waals surface area contributed by atoms with Gasteiger partial charge in [0.2, 0.25) is 0 Å². The van der Waals surface area contributed by atoms with E-state index < -0.39 is 29.7 Å². The van der Waals surface area contributed by atoms with Crippen LogP contribution in [0.2, 0.25) is 0 Å². The van der Waals surface area contributed by atoms with Crippen LogP contribution in [0.4, 0.5) is 18.0 Å². The van der Waals surface area contributed by atoms with Crippen LogP contribution in [-0.4, -0.2) is 41.6 Å². The second-order valence-electron chi connectivity index (χ2n) is 6.32. The summed E-state index contributed by atoms with van der Waals surface area (Å²) in [6.07, 6.45) is -3.91. The number of carboxylic acid groups (broad SMARTS) is 1. The Kier molecular flexibility index (Phi) is 6.14. The molecule has 0 aromatic heterocycles. The number of carboxylic acids is 1.